The van der Waals surface area contributed by atoms with Crippen molar-refractivity contribution in [2.45, 2.75) is 17.7 Å². The van der Waals surface area contributed by atoms with Gasteiger partial charge in [-0.25, -0.2) is 8.42 Å². The number of hydrogen-bond donors (Lipinski definition) is 1. The molecule has 1 saturated heterocycles. The number of benzene rings is 1. The molecule has 2 rings (SSSR count). The Balaban J connectivity index is 2.40. The lowest BCUT2D eigenvalue weighted by Crippen LogP contribution is -2.35. The monoisotopic (exact) mass is 272 g/mol. The van der Waals surface area contributed by atoms with Gasteiger partial charge in [-0.15, -0.1) is 0 Å². The number of methoxy groups -OCH3 is 1. The molecule has 0 saturated carbocycles. The van der Waals surface area contributed by atoms with Crippen molar-refractivity contribution in [3.05, 3.63) is 18.2 Å². The topological polar surface area (TPSA) is 81.9 Å². The molecule has 100 valence electrons. The summed E-state index contributed by atoms with van der Waals surface area (Å²) in [4.78, 5) is 5.26. The number of rotatable bonds is 3. The second-order valence-corrected chi connectivity index (χ2v) is 5.78. The van der Waals surface area contributed by atoms with E-state index in [0.29, 0.717) is 18.8 Å². The van der Waals surface area contributed by atoms with Crippen LogP contribution in [-0.2, 0) is 14.9 Å². The third-order valence-corrected chi connectivity index (χ3v) is 4.42. The van der Waals surface area contributed by atoms with Crippen LogP contribution in [0.5, 0.6) is 5.75 Å². The summed E-state index contributed by atoms with van der Waals surface area (Å²) in [6.45, 7) is 0.770. The van der Waals surface area contributed by atoms with Gasteiger partial charge in [0.1, 0.15) is 10.6 Å². The zero-order valence-electron chi connectivity index (χ0n) is 10.1. The maximum atomic E-state index is 12.4. The van der Waals surface area contributed by atoms with E-state index >= 15 is 0 Å². The van der Waals surface area contributed by atoms with E-state index < -0.39 is 10.0 Å². The summed E-state index contributed by atoms with van der Waals surface area (Å²) in [5.74, 6) is 0.226. The molecule has 0 radical (unpaired) electrons. The lowest BCUT2D eigenvalue weighted by atomic mass is 10.3. The van der Waals surface area contributed by atoms with Gasteiger partial charge in [-0.05, 0) is 25.0 Å². The van der Waals surface area contributed by atoms with E-state index in [0.717, 1.165) is 17.3 Å². The number of sulfonamides is 1. The van der Waals surface area contributed by atoms with Crippen molar-refractivity contribution in [3.63, 3.8) is 0 Å². The summed E-state index contributed by atoms with van der Waals surface area (Å²) in [6.07, 6.45) is 1.65. The first-order valence-electron chi connectivity index (χ1n) is 5.65. The third-order valence-electron chi connectivity index (χ3n) is 2.70. The average molecular weight is 272 g/mol. The van der Waals surface area contributed by atoms with E-state index in [1.54, 1.807) is 0 Å². The Morgan fingerprint density at radius 2 is 2.17 bits per heavy atom. The molecule has 0 unspecified atom stereocenters. The molecule has 1 aromatic rings. The fourth-order valence-corrected chi connectivity index (χ4v) is 3.21. The van der Waals surface area contributed by atoms with Gasteiger partial charge in [0.05, 0.1) is 13.7 Å². The van der Waals surface area contributed by atoms with Crippen molar-refractivity contribution in [2.24, 2.45) is 0 Å². The average Bonchev–Trinajstić information content (AvgIpc) is 2.39. The Bertz CT molecular complexity index is 524. The van der Waals surface area contributed by atoms with Crippen LogP contribution in [0, 0.1) is 0 Å². The van der Waals surface area contributed by atoms with Crippen LogP contribution < -0.4 is 10.5 Å². The lowest BCUT2D eigenvalue weighted by molar-refractivity contribution is -0.108. The first kappa shape index (κ1) is 13.1. The highest BCUT2D eigenvalue weighted by Gasteiger charge is 2.30. The normalized spacial score (nSPS) is 17.6. The Morgan fingerprint density at radius 1 is 1.39 bits per heavy atom. The molecule has 1 aliphatic rings. The number of hydroxylamine groups is 1. The zero-order valence-corrected chi connectivity index (χ0v) is 10.9. The smallest absolute Gasteiger partial charge is 0.268 e. The van der Waals surface area contributed by atoms with Crippen LogP contribution in [0.2, 0.25) is 0 Å². The maximum absolute atomic E-state index is 12.4. The van der Waals surface area contributed by atoms with Crippen LogP contribution >= 0.6 is 0 Å². The second-order valence-electron chi connectivity index (χ2n) is 3.98. The Morgan fingerprint density at radius 3 is 2.78 bits per heavy atom. The standard InChI is InChI=1S/C11H16N2O4S/c1-16-10-8-9(12)4-5-11(10)18(14,15)13-6-2-3-7-17-13/h4-5,8H,2-3,6-7,12H2,1H3. The van der Waals surface area contributed by atoms with E-state index in [1.165, 1.54) is 25.3 Å². The van der Waals surface area contributed by atoms with Crippen LogP contribution in [0.25, 0.3) is 0 Å². The van der Waals surface area contributed by atoms with E-state index in [4.69, 9.17) is 15.3 Å². The fourth-order valence-electron chi connectivity index (χ4n) is 1.77. The Hall–Kier alpha value is -1.31. The number of anilines is 1. The van der Waals surface area contributed by atoms with Crippen molar-refractivity contribution in [1.29, 1.82) is 0 Å². The van der Waals surface area contributed by atoms with E-state index in [9.17, 15) is 8.42 Å². The molecule has 1 aromatic carbocycles. The lowest BCUT2D eigenvalue weighted by Gasteiger charge is -2.25. The summed E-state index contributed by atoms with van der Waals surface area (Å²) in [7, 11) is -2.28. The van der Waals surface area contributed by atoms with Crippen molar-refractivity contribution in [2.75, 3.05) is 26.0 Å². The van der Waals surface area contributed by atoms with Gasteiger partial charge >= 0.3 is 0 Å². The van der Waals surface area contributed by atoms with Crippen molar-refractivity contribution in [1.82, 2.24) is 4.47 Å². The second kappa shape index (κ2) is 5.13. The van der Waals surface area contributed by atoms with Gasteiger partial charge in [0.2, 0.25) is 0 Å². The number of ether oxygens (including phenoxy) is 1. The number of nitrogens with zero attached hydrogens (tertiary/aromatic N) is 1. The molecule has 0 amide bonds. The van der Waals surface area contributed by atoms with E-state index in [1.807, 2.05) is 0 Å². The molecule has 1 fully saturated rings. The molecule has 1 heterocycles. The van der Waals surface area contributed by atoms with Gasteiger partial charge < -0.3 is 10.5 Å². The van der Waals surface area contributed by atoms with Crippen LogP contribution in [0.4, 0.5) is 5.69 Å². The minimum Gasteiger partial charge on any atom is -0.495 e. The highest BCUT2D eigenvalue weighted by molar-refractivity contribution is 7.89. The van der Waals surface area contributed by atoms with Crippen molar-refractivity contribution in [3.8, 4) is 5.75 Å². The number of hydrogen-bond acceptors (Lipinski definition) is 5. The Kier molecular flexibility index (Phi) is 3.74. The molecular weight excluding hydrogens is 256 g/mol. The minimum absolute atomic E-state index is 0.0705. The van der Waals surface area contributed by atoms with Gasteiger partial charge in [0, 0.05) is 18.3 Å². The Labute approximate surface area is 106 Å². The van der Waals surface area contributed by atoms with Crippen LogP contribution in [0.1, 0.15) is 12.8 Å². The molecule has 18 heavy (non-hydrogen) atoms. The van der Waals surface area contributed by atoms with Gasteiger partial charge in [0.25, 0.3) is 10.0 Å². The highest BCUT2D eigenvalue weighted by atomic mass is 32.2. The summed E-state index contributed by atoms with van der Waals surface area (Å²) in [5, 5.41) is 0. The molecule has 2 N–H and O–H groups in total. The summed E-state index contributed by atoms with van der Waals surface area (Å²) in [5.41, 5.74) is 6.05. The van der Waals surface area contributed by atoms with Crippen LogP contribution in [-0.4, -0.2) is 33.1 Å². The van der Waals surface area contributed by atoms with E-state index in [-0.39, 0.29) is 10.6 Å². The third kappa shape index (κ3) is 2.43. The van der Waals surface area contributed by atoms with Gasteiger partial charge in [-0.1, -0.05) is 4.47 Å². The molecular formula is C11H16N2O4S. The molecule has 0 bridgehead atoms. The largest absolute Gasteiger partial charge is 0.495 e. The molecule has 1 aliphatic heterocycles. The quantitative estimate of drug-likeness (QED) is 0.830. The number of nitrogens with two attached hydrogens (primary N) is 1. The first-order chi connectivity index (χ1) is 8.55. The summed E-state index contributed by atoms with van der Waals surface area (Å²) < 4.78 is 30.8. The van der Waals surface area contributed by atoms with Crippen LogP contribution in [0.3, 0.4) is 0 Å². The summed E-state index contributed by atoms with van der Waals surface area (Å²) in [6, 6.07) is 4.44. The summed E-state index contributed by atoms with van der Waals surface area (Å²) >= 11 is 0. The van der Waals surface area contributed by atoms with Gasteiger partial charge in [0.15, 0.2) is 0 Å². The van der Waals surface area contributed by atoms with Crippen molar-refractivity contribution >= 4 is 15.7 Å². The molecule has 0 spiro atoms. The maximum Gasteiger partial charge on any atom is 0.268 e. The van der Waals surface area contributed by atoms with E-state index in [2.05, 4.69) is 0 Å². The van der Waals surface area contributed by atoms with Crippen molar-refractivity contribution < 1.29 is 18.0 Å². The first-order valence-corrected chi connectivity index (χ1v) is 7.09. The predicted molar refractivity (Wildman–Crippen MR) is 66.5 cm³/mol. The fraction of sp³-hybridized carbons (Fsp3) is 0.455. The minimum atomic E-state index is -3.69. The molecule has 0 atom stereocenters. The zero-order chi connectivity index (χ0) is 13.2. The SMILES string of the molecule is COc1cc(N)ccc1S(=O)(=O)N1CCCCO1. The van der Waals surface area contributed by atoms with Gasteiger partial charge in [-0.2, -0.15) is 0 Å². The van der Waals surface area contributed by atoms with Crippen LogP contribution in [0.15, 0.2) is 23.1 Å². The van der Waals surface area contributed by atoms with Gasteiger partial charge in [-0.3, -0.25) is 4.84 Å². The molecule has 0 aromatic heterocycles. The molecule has 7 heteroatoms. The molecule has 6 nitrogen and oxygen atoms in total. The predicted octanol–water partition coefficient (Wildman–Crippen LogP) is 0.994. The number of nitrogen functional groups attached to an aromatic ring is 1. The highest BCUT2D eigenvalue weighted by Crippen LogP contribution is 2.29. The molecule has 0 aliphatic carbocycles.